The molecule has 0 aromatic rings. The largest absolute Gasteiger partial charge is 0.362 e. The van der Waals surface area contributed by atoms with Crippen LogP contribution in [0.25, 0.3) is 0 Å². The van der Waals surface area contributed by atoms with E-state index in [1.54, 1.807) is 0 Å². The Morgan fingerprint density at radius 2 is 2.18 bits per heavy atom. The summed E-state index contributed by atoms with van der Waals surface area (Å²) in [4.78, 5) is 10.1. The summed E-state index contributed by atoms with van der Waals surface area (Å²) in [7, 11) is 0. The lowest BCUT2D eigenvalue weighted by Gasteiger charge is -1.94. The highest BCUT2D eigenvalue weighted by Gasteiger charge is 2.37. The fourth-order valence-electron chi connectivity index (χ4n) is 1.28. The van der Waals surface area contributed by atoms with Gasteiger partial charge in [-0.1, -0.05) is 32.6 Å². The molecule has 1 aliphatic heterocycles. The van der Waals surface area contributed by atoms with Crippen LogP contribution in [0.4, 0.5) is 0 Å². The van der Waals surface area contributed by atoms with Crippen LogP contribution in [-0.4, -0.2) is 18.5 Å². The SMILES string of the molecule is CCCCCC[C@@H]1O[C@@H]1C=O. The molecule has 0 spiro atoms. The summed E-state index contributed by atoms with van der Waals surface area (Å²) >= 11 is 0. The fourth-order valence-corrected chi connectivity index (χ4v) is 1.28. The Kier molecular flexibility index (Phi) is 3.57. The number of unbranched alkanes of at least 4 members (excludes halogenated alkanes) is 3. The van der Waals surface area contributed by atoms with Gasteiger partial charge in [0, 0.05) is 0 Å². The Labute approximate surface area is 67.9 Å². The fraction of sp³-hybridized carbons (Fsp3) is 0.889. The molecule has 0 saturated carbocycles. The molecule has 1 fully saturated rings. The van der Waals surface area contributed by atoms with E-state index in [9.17, 15) is 4.79 Å². The molecular formula is C9H16O2. The summed E-state index contributed by atoms with van der Waals surface area (Å²) in [5.74, 6) is 0. The van der Waals surface area contributed by atoms with Crippen molar-refractivity contribution in [2.24, 2.45) is 0 Å². The van der Waals surface area contributed by atoms with Crippen molar-refractivity contribution < 1.29 is 9.53 Å². The zero-order valence-corrected chi connectivity index (χ0v) is 7.08. The highest BCUT2D eigenvalue weighted by atomic mass is 16.6. The van der Waals surface area contributed by atoms with Crippen LogP contribution in [-0.2, 0) is 9.53 Å². The molecule has 2 nitrogen and oxygen atoms in total. The van der Waals surface area contributed by atoms with Crippen LogP contribution < -0.4 is 0 Å². The van der Waals surface area contributed by atoms with Crippen molar-refractivity contribution >= 4 is 6.29 Å². The quantitative estimate of drug-likeness (QED) is 0.334. The average Bonchev–Trinajstić information content (AvgIpc) is 2.77. The van der Waals surface area contributed by atoms with Crippen LogP contribution in [0.2, 0.25) is 0 Å². The van der Waals surface area contributed by atoms with Gasteiger partial charge in [0.15, 0.2) is 6.29 Å². The monoisotopic (exact) mass is 156 g/mol. The summed E-state index contributed by atoms with van der Waals surface area (Å²) in [6.45, 7) is 2.20. The summed E-state index contributed by atoms with van der Waals surface area (Å²) < 4.78 is 5.08. The number of carbonyl (C=O) groups is 1. The van der Waals surface area contributed by atoms with Crippen molar-refractivity contribution in [3.8, 4) is 0 Å². The Morgan fingerprint density at radius 3 is 2.73 bits per heavy atom. The van der Waals surface area contributed by atoms with Gasteiger partial charge in [0.2, 0.25) is 0 Å². The predicted octanol–water partition coefficient (Wildman–Crippen LogP) is 1.92. The van der Waals surface area contributed by atoms with E-state index in [0.717, 1.165) is 12.7 Å². The number of carbonyl (C=O) groups excluding carboxylic acids is 1. The standard InChI is InChI=1S/C9H16O2/c1-2-3-4-5-6-8-9(7-10)11-8/h7-9H,2-6H2,1H3/t8-,9+/m0/s1. The first-order valence-electron chi connectivity index (χ1n) is 4.49. The molecule has 1 rings (SSSR count). The van der Waals surface area contributed by atoms with E-state index in [2.05, 4.69) is 6.92 Å². The maximum absolute atomic E-state index is 10.1. The molecule has 0 aliphatic carbocycles. The summed E-state index contributed by atoms with van der Waals surface area (Å²) in [6, 6.07) is 0. The van der Waals surface area contributed by atoms with Crippen LogP contribution in [0.1, 0.15) is 39.0 Å². The molecule has 1 saturated heterocycles. The van der Waals surface area contributed by atoms with Gasteiger partial charge in [-0.2, -0.15) is 0 Å². The number of hydrogen-bond donors (Lipinski definition) is 0. The first-order valence-corrected chi connectivity index (χ1v) is 4.49. The normalized spacial score (nSPS) is 28.5. The van der Waals surface area contributed by atoms with E-state index >= 15 is 0 Å². The second-order valence-corrected chi connectivity index (χ2v) is 3.12. The Hall–Kier alpha value is -0.370. The zero-order chi connectivity index (χ0) is 8.10. The highest BCUT2D eigenvalue weighted by molar-refractivity contribution is 5.60. The van der Waals surface area contributed by atoms with Crippen molar-refractivity contribution in [1.29, 1.82) is 0 Å². The third-order valence-electron chi connectivity index (χ3n) is 2.10. The van der Waals surface area contributed by atoms with Gasteiger partial charge in [-0.05, 0) is 6.42 Å². The van der Waals surface area contributed by atoms with E-state index in [-0.39, 0.29) is 12.2 Å². The van der Waals surface area contributed by atoms with Gasteiger partial charge in [-0.15, -0.1) is 0 Å². The Bertz CT molecular complexity index is 123. The van der Waals surface area contributed by atoms with Crippen molar-refractivity contribution in [1.82, 2.24) is 0 Å². The van der Waals surface area contributed by atoms with E-state index < -0.39 is 0 Å². The number of aldehydes is 1. The van der Waals surface area contributed by atoms with Gasteiger partial charge < -0.3 is 9.53 Å². The van der Waals surface area contributed by atoms with Crippen LogP contribution in [0.15, 0.2) is 0 Å². The second-order valence-electron chi connectivity index (χ2n) is 3.12. The molecule has 0 N–H and O–H groups in total. The topological polar surface area (TPSA) is 29.6 Å². The Balaban J connectivity index is 1.85. The van der Waals surface area contributed by atoms with Gasteiger partial charge in [0.05, 0.1) is 6.10 Å². The summed E-state index contributed by atoms with van der Waals surface area (Å²) in [5.41, 5.74) is 0. The molecule has 0 unspecified atom stereocenters. The molecule has 64 valence electrons. The van der Waals surface area contributed by atoms with Gasteiger partial charge in [0.1, 0.15) is 6.10 Å². The van der Waals surface area contributed by atoms with Crippen molar-refractivity contribution in [2.45, 2.75) is 51.2 Å². The van der Waals surface area contributed by atoms with Crippen molar-refractivity contribution in [3.63, 3.8) is 0 Å². The average molecular weight is 156 g/mol. The van der Waals surface area contributed by atoms with E-state index in [1.165, 1.54) is 25.7 Å². The molecule has 0 radical (unpaired) electrons. The lowest BCUT2D eigenvalue weighted by atomic mass is 10.1. The van der Waals surface area contributed by atoms with Gasteiger partial charge in [-0.3, -0.25) is 0 Å². The lowest BCUT2D eigenvalue weighted by Crippen LogP contribution is -1.94. The first-order chi connectivity index (χ1) is 5.38. The van der Waals surface area contributed by atoms with E-state index in [1.807, 2.05) is 0 Å². The van der Waals surface area contributed by atoms with Crippen LogP contribution in [0.3, 0.4) is 0 Å². The maximum atomic E-state index is 10.1. The number of hydrogen-bond acceptors (Lipinski definition) is 2. The number of ether oxygens (including phenoxy) is 1. The minimum atomic E-state index is -0.0587. The van der Waals surface area contributed by atoms with Crippen LogP contribution >= 0.6 is 0 Å². The van der Waals surface area contributed by atoms with Gasteiger partial charge >= 0.3 is 0 Å². The smallest absolute Gasteiger partial charge is 0.151 e. The van der Waals surface area contributed by atoms with Gasteiger partial charge in [0.25, 0.3) is 0 Å². The number of epoxide rings is 1. The minimum absolute atomic E-state index is 0.0587. The van der Waals surface area contributed by atoms with Crippen molar-refractivity contribution in [3.05, 3.63) is 0 Å². The zero-order valence-electron chi connectivity index (χ0n) is 7.08. The highest BCUT2D eigenvalue weighted by Crippen LogP contribution is 2.25. The first kappa shape index (κ1) is 8.72. The van der Waals surface area contributed by atoms with Crippen LogP contribution in [0.5, 0.6) is 0 Å². The van der Waals surface area contributed by atoms with Crippen molar-refractivity contribution in [2.75, 3.05) is 0 Å². The maximum Gasteiger partial charge on any atom is 0.151 e. The molecular weight excluding hydrogens is 140 g/mol. The third-order valence-corrected chi connectivity index (χ3v) is 2.10. The molecule has 0 aromatic heterocycles. The van der Waals surface area contributed by atoms with Gasteiger partial charge in [-0.25, -0.2) is 0 Å². The lowest BCUT2D eigenvalue weighted by molar-refractivity contribution is -0.108. The van der Waals surface area contributed by atoms with E-state index in [4.69, 9.17) is 4.74 Å². The summed E-state index contributed by atoms with van der Waals surface area (Å²) in [5, 5.41) is 0. The minimum Gasteiger partial charge on any atom is -0.362 e. The second kappa shape index (κ2) is 4.50. The predicted molar refractivity (Wildman–Crippen MR) is 43.5 cm³/mol. The van der Waals surface area contributed by atoms with Crippen LogP contribution in [0, 0.1) is 0 Å². The molecule has 11 heavy (non-hydrogen) atoms. The molecule has 1 heterocycles. The molecule has 0 aromatic carbocycles. The Morgan fingerprint density at radius 1 is 1.36 bits per heavy atom. The number of rotatable bonds is 6. The van der Waals surface area contributed by atoms with E-state index in [0.29, 0.717) is 0 Å². The molecule has 1 aliphatic rings. The molecule has 0 amide bonds. The molecule has 0 bridgehead atoms. The summed E-state index contributed by atoms with van der Waals surface area (Å²) in [6.07, 6.45) is 7.25. The third kappa shape index (κ3) is 3.02. The molecule has 2 heteroatoms. The molecule has 2 atom stereocenters.